The molecule has 3 aromatic rings. The molecular weight excluding hydrogens is 348 g/mol. The van der Waals surface area contributed by atoms with Crippen molar-refractivity contribution in [2.24, 2.45) is 0 Å². The van der Waals surface area contributed by atoms with Crippen molar-refractivity contribution >= 4 is 27.9 Å². The molecule has 0 amide bonds. The van der Waals surface area contributed by atoms with Crippen LogP contribution in [-0.2, 0) is 4.74 Å². The van der Waals surface area contributed by atoms with Gasteiger partial charge in [0.15, 0.2) is 0 Å². The van der Waals surface area contributed by atoms with Gasteiger partial charge >= 0.3 is 5.63 Å². The number of fused-ring (bicyclic) bond motifs is 1. The average molecular weight is 366 g/mol. The molecule has 2 heterocycles. The van der Waals surface area contributed by atoms with E-state index in [4.69, 9.17) is 13.9 Å². The predicted octanol–water partition coefficient (Wildman–Crippen LogP) is 5.24. The Morgan fingerprint density at radius 1 is 1.04 bits per heavy atom. The van der Waals surface area contributed by atoms with E-state index >= 15 is 0 Å². The van der Waals surface area contributed by atoms with Crippen molar-refractivity contribution in [2.75, 3.05) is 14.2 Å². The third-order valence-electron chi connectivity index (χ3n) is 4.47. The van der Waals surface area contributed by atoms with Gasteiger partial charge in [0.25, 0.3) is 0 Å². The zero-order valence-corrected chi connectivity index (χ0v) is 15.4. The lowest BCUT2D eigenvalue weighted by molar-refractivity contribution is 0.306. The van der Waals surface area contributed by atoms with Crippen molar-refractivity contribution in [3.63, 3.8) is 0 Å². The van der Waals surface area contributed by atoms with Gasteiger partial charge in [0, 0.05) is 38.4 Å². The first-order valence-electron chi connectivity index (χ1n) is 8.36. The van der Waals surface area contributed by atoms with E-state index in [2.05, 4.69) is 18.2 Å². The number of hydrogen-bond acceptors (Lipinski definition) is 5. The van der Waals surface area contributed by atoms with Gasteiger partial charge in [-0.25, -0.2) is 4.79 Å². The maximum Gasteiger partial charge on any atom is 0.336 e. The first kappa shape index (κ1) is 16.7. The molecule has 5 heteroatoms. The summed E-state index contributed by atoms with van der Waals surface area (Å²) in [6, 6.07) is 11.2. The molecule has 0 N–H and O–H groups in total. The molecule has 4 nitrogen and oxygen atoms in total. The Bertz CT molecular complexity index is 1080. The first-order valence-corrected chi connectivity index (χ1v) is 9.17. The number of thiophene rings is 1. The van der Waals surface area contributed by atoms with E-state index in [0.717, 1.165) is 39.3 Å². The Hall–Kier alpha value is -2.79. The highest BCUT2D eigenvalue weighted by Gasteiger charge is 2.16. The van der Waals surface area contributed by atoms with Gasteiger partial charge in [0.2, 0.25) is 0 Å². The van der Waals surface area contributed by atoms with Crippen molar-refractivity contribution in [3.8, 4) is 16.2 Å². The minimum absolute atomic E-state index is 0.368. The summed E-state index contributed by atoms with van der Waals surface area (Å²) in [6.07, 6.45) is 6.11. The molecule has 0 saturated carbocycles. The topological polar surface area (TPSA) is 48.7 Å². The van der Waals surface area contributed by atoms with E-state index in [1.54, 1.807) is 37.7 Å². The summed E-state index contributed by atoms with van der Waals surface area (Å²) in [6.45, 7) is 0. The van der Waals surface area contributed by atoms with Crippen LogP contribution in [0.25, 0.3) is 27.0 Å². The number of benzene rings is 1. The van der Waals surface area contributed by atoms with Crippen LogP contribution in [0.2, 0.25) is 0 Å². The molecule has 1 aliphatic rings. The summed E-state index contributed by atoms with van der Waals surface area (Å²) in [5.74, 6) is 1.57. The third kappa shape index (κ3) is 2.95. The van der Waals surface area contributed by atoms with Crippen LogP contribution in [0, 0.1) is 0 Å². The van der Waals surface area contributed by atoms with Crippen molar-refractivity contribution < 1.29 is 13.9 Å². The Labute approximate surface area is 155 Å². The summed E-state index contributed by atoms with van der Waals surface area (Å²) < 4.78 is 16.1. The highest BCUT2D eigenvalue weighted by molar-refractivity contribution is 7.16. The largest absolute Gasteiger partial charge is 0.497 e. The van der Waals surface area contributed by atoms with Crippen molar-refractivity contribution in [1.82, 2.24) is 0 Å². The van der Waals surface area contributed by atoms with Gasteiger partial charge in [-0.3, -0.25) is 0 Å². The van der Waals surface area contributed by atoms with Gasteiger partial charge in [0.05, 0.1) is 14.2 Å². The monoisotopic (exact) mass is 366 g/mol. The predicted molar refractivity (Wildman–Crippen MR) is 105 cm³/mol. The lowest BCUT2D eigenvalue weighted by Gasteiger charge is -2.13. The average Bonchev–Trinajstić information content (AvgIpc) is 3.16. The molecule has 4 rings (SSSR count). The number of rotatable bonds is 4. The first-order chi connectivity index (χ1) is 12.7. The second-order valence-electron chi connectivity index (χ2n) is 5.99. The lowest BCUT2D eigenvalue weighted by Crippen LogP contribution is -1.97. The number of methoxy groups -OCH3 is 2. The van der Waals surface area contributed by atoms with Crippen LogP contribution in [0.1, 0.15) is 17.7 Å². The molecule has 0 fully saturated rings. The molecule has 2 aromatic heterocycles. The smallest absolute Gasteiger partial charge is 0.336 e. The van der Waals surface area contributed by atoms with Crippen LogP contribution in [0.4, 0.5) is 0 Å². The van der Waals surface area contributed by atoms with Gasteiger partial charge in [0.1, 0.15) is 17.1 Å². The second-order valence-corrected chi connectivity index (χ2v) is 7.08. The molecule has 0 aliphatic heterocycles. The molecule has 132 valence electrons. The summed E-state index contributed by atoms with van der Waals surface area (Å²) in [5.41, 5.74) is 2.24. The number of hydrogen-bond donors (Lipinski definition) is 0. The maximum atomic E-state index is 12.0. The fraction of sp³-hybridized carbons (Fsp3) is 0.190. The SMILES string of the molecule is COC1=C(c2ccc(-c3cc(=O)oc4cc(OC)ccc34)s2)CCC=C1. The van der Waals surface area contributed by atoms with E-state index in [-0.39, 0.29) is 5.63 Å². The van der Waals surface area contributed by atoms with E-state index in [1.807, 2.05) is 18.2 Å². The second kappa shape index (κ2) is 6.84. The van der Waals surface area contributed by atoms with E-state index in [0.29, 0.717) is 11.3 Å². The maximum absolute atomic E-state index is 12.0. The van der Waals surface area contributed by atoms with E-state index in [1.165, 1.54) is 5.57 Å². The number of allylic oxidation sites excluding steroid dienone is 3. The van der Waals surface area contributed by atoms with Gasteiger partial charge in [-0.1, -0.05) is 6.08 Å². The van der Waals surface area contributed by atoms with Crippen LogP contribution < -0.4 is 10.4 Å². The molecule has 0 saturated heterocycles. The lowest BCUT2D eigenvalue weighted by atomic mass is 10.0. The third-order valence-corrected chi connectivity index (χ3v) is 5.65. The number of ether oxygens (including phenoxy) is 2. The molecule has 0 radical (unpaired) electrons. The Morgan fingerprint density at radius 2 is 1.88 bits per heavy atom. The quantitative estimate of drug-likeness (QED) is 0.593. The van der Waals surface area contributed by atoms with Crippen LogP contribution in [0.15, 0.2) is 63.5 Å². The molecule has 0 atom stereocenters. The minimum atomic E-state index is -0.368. The molecule has 0 spiro atoms. The summed E-state index contributed by atoms with van der Waals surface area (Å²) in [5, 5.41) is 0.892. The molecule has 1 aliphatic carbocycles. The van der Waals surface area contributed by atoms with Crippen molar-refractivity contribution in [2.45, 2.75) is 12.8 Å². The standard InChI is InChI=1S/C21H18O4S/c1-23-13-7-8-14-16(12-21(22)25-18(14)11-13)20-10-9-19(26-20)15-5-3-4-6-17(15)24-2/h4,6-12H,3,5H2,1-2H3. The molecule has 0 unspecified atom stereocenters. The Morgan fingerprint density at radius 3 is 2.69 bits per heavy atom. The van der Waals surface area contributed by atoms with Crippen LogP contribution in [-0.4, -0.2) is 14.2 Å². The summed E-state index contributed by atoms with van der Waals surface area (Å²) >= 11 is 1.66. The molecular formula is C21H18O4S. The Balaban J connectivity index is 1.84. The zero-order valence-electron chi connectivity index (χ0n) is 14.6. The zero-order chi connectivity index (χ0) is 18.1. The van der Waals surface area contributed by atoms with E-state index in [9.17, 15) is 4.79 Å². The summed E-state index contributed by atoms with van der Waals surface area (Å²) in [7, 11) is 3.29. The van der Waals surface area contributed by atoms with Crippen molar-refractivity contribution in [1.29, 1.82) is 0 Å². The molecule has 26 heavy (non-hydrogen) atoms. The highest BCUT2D eigenvalue weighted by atomic mass is 32.1. The molecule has 1 aromatic carbocycles. The minimum Gasteiger partial charge on any atom is -0.497 e. The highest BCUT2D eigenvalue weighted by Crippen LogP contribution is 2.39. The fourth-order valence-electron chi connectivity index (χ4n) is 3.20. The van der Waals surface area contributed by atoms with Crippen molar-refractivity contribution in [3.05, 3.63) is 69.6 Å². The fourth-order valence-corrected chi connectivity index (χ4v) is 4.31. The molecule has 0 bridgehead atoms. The normalized spacial score (nSPS) is 14.1. The van der Waals surface area contributed by atoms with Crippen LogP contribution in [0.3, 0.4) is 0 Å². The van der Waals surface area contributed by atoms with Gasteiger partial charge in [-0.05, 0) is 43.2 Å². The van der Waals surface area contributed by atoms with E-state index < -0.39 is 0 Å². The Kier molecular flexibility index (Phi) is 4.39. The van der Waals surface area contributed by atoms with Gasteiger partial charge in [-0.2, -0.15) is 0 Å². The van der Waals surface area contributed by atoms with Crippen LogP contribution in [0.5, 0.6) is 5.75 Å². The van der Waals surface area contributed by atoms with Gasteiger partial charge < -0.3 is 13.9 Å². The summed E-state index contributed by atoms with van der Waals surface area (Å²) in [4.78, 5) is 14.2. The van der Waals surface area contributed by atoms with Gasteiger partial charge in [-0.15, -0.1) is 11.3 Å². The van der Waals surface area contributed by atoms with Crippen LogP contribution >= 0.6 is 11.3 Å².